The van der Waals surface area contributed by atoms with Crippen LogP contribution in [0.15, 0.2) is 24.3 Å². The van der Waals surface area contributed by atoms with Crippen molar-refractivity contribution in [2.75, 3.05) is 11.5 Å². The molecule has 1 saturated heterocycles. The Balaban J connectivity index is 2.34. The van der Waals surface area contributed by atoms with E-state index in [0.717, 1.165) is 0 Å². The molecular formula is C10H11NO3. The summed E-state index contributed by atoms with van der Waals surface area (Å²) in [6.07, 6.45) is -0.358. The van der Waals surface area contributed by atoms with Crippen LogP contribution >= 0.6 is 0 Å². The number of ether oxygens (including phenoxy) is 1. The van der Waals surface area contributed by atoms with E-state index in [1.54, 1.807) is 24.3 Å². The fraction of sp³-hybridized carbons (Fsp3) is 0.300. The second-order valence-electron chi connectivity index (χ2n) is 3.32. The molecule has 1 amide bonds. The molecule has 0 bridgehead atoms. The summed E-state index contributed by atoms with van der Waals surface area (Å²) in [5.74, 6) is 0.148. The third kappa shape index (κ3) is 1.39. The van der Waals surface area contributed by atoms with Crippen LogP contribution in [0.2, 0.25) is 0 Å². The number of carbonyl (C=O) groups excluding carboxylic acids is 1. The van der Waals surface area contributed by atoms with Crippen LogP contribution in [0.25, 0.3) is 0 Å². The van der Waals surface area contributed by atoms with Gasteiger partial charge in [-0.05, 0) is 19.1 Å². The van der Waals surface area contributed by atoms with Crippen LogP contribution in [0.3, 0.4) is 0 Å². The number of cyclic esters (lactones) is 1. The van der Waals surface area contributed by atoms with Gasteiger partial charge < -0.3 is 9.84 Å². The van der Waals surface area contributed by atoms with Gasteiger partial charge in [0.15, 0.2) is 0 Å². The van der Waals surface area contributed by atoms with Gasteiger partial charge in [0.2, 0.25) is 0 Å². The molecule has 1 heterocycles. The van der Waals surface area contributed by atoms with Crippen molar-refractivity contribution in [1.82, 2.24) is 0 Å². The minimum absolute atomic E-state index is 0.0179. The maximum absolute atomic E-state index is 11.3. The van der Waals surface area contributed by atoms with Crippen LogP contribution in [0, 0.1) is 0 Å². The molecular weight excluding hydrogens is 182 g/mol. The first-order valence-electron chi connectivity index (χ1n) is 4.43. The highest BCUT2D eigenvalue weighted by molar-refractivity contribution is 5.90. The van der Waals surface area contributed by atoms with Crippen LogP contribution in [0.1, 0.15) is 6.92 Å². The van der Waals surface area contributed by atoms with Gasteiger partial charge in [0.1, 0.15) is 12.4 Å². The lowest BCUT2D eigenvalue weighted by Crippen LogP contribution is -2.30. The van der Waals surface area contributed by atoms with Crippen LogP contribution < -0.4 is 4.90 Å². The van der Waals surface area contributed by atoms with Gasteiger partial charge in [-0.15, -0.1) is 0 Å². The zero-order valence-corrected chi connectivity index (χ0v) is 7.80. The van der Waals surface area contributed by atoms with Crippen molar-refractivity contribution in [1.29, 1.82) is 0 Å². The quantitative estimate of drug-likeness (QED) is 0.739. The molecule has 74 valence electrons. The second kappa shape index (κ2) is 3.21. The summed E-state index contributed by atoms with van der Waals surface area (Å²) >= 11 is 0. The highest BCUT2D eigenvalue weighted by atomic mass is 16.6. The molecule has 1 atom stereocenters. The molecule has 4 heteroatoms. The van der Waals surface area contributed by atoms with Crippen molar-refractivity contribution in [3.8, 4) is 5.75 Å². The Labute approximate surface area is 81.7 Å². The number of hydrogen-bond donors (Lipinski definition) is 1. The number of phenolic OH excluding ortho intramolecular Hbond substituents is 1. The summed E-state index contributed by atoms with van der Waals surface area (Å²) in [6.45, 7) is 2.30. The minimum atomic E-state index is -0.358. The molecule has 1 N–H and O–H groups in total. The maximum Gasteiger partial charge on any atom is 0.414 e. The molecule has 4 nitrogen and oxygen atoms in total. The summed E-state index contributed by atoms with van der Waals surface area (Å²) in [5, 5.41) is 9.27. The number of benzene rings is 1. The lowest BCUT2D eigenvalue weighted by atomic mass is 10.2. The third-order valence-electron chi connectivity index (χ3n) is 2.19. The van der Waals surface area contributed by atoms with E-state index in [-0.39, 0.29) is 17.9 Å². The van der Waals surface area contributed by atoms with E-state index in [0.29, 0.717) is 12.3 Å². The number of phenols is 1. The Morgan fingerprint density at radius 1 is 1.57 bits per heavy atom. The van der Waals surface area contributed by atoms with E-state index >= 15 is 0 Å². The van der Waals surface area contributed by atoms with Gasteiger partial charge in [-0.2, -0.15) is 0 Å². The molecule has 1 aromatic carbocycles. The molecule has 0 aliphatic carbocycles. The van der Waals surface area contributed by atoms with Crippen LogP contribution in [-0.2, 0) is 4.74 Å². The van der Waals surface area contributed by atoms with Crippen LogP contribution in [0.5, 0.6) is 5.75 Å². The second-order valence-corrected chi connectivity index (χ2v) is 3.32. The first-order chi connectivity index (χ1) is 6.68. The van der Waals surface area contributed by atoms with Crippen LogP contribution in [0.4, 0.5) is 10.5 Å². The Kier molecular flexibility index (Phi) is 2.04. The zero-order valence-electron chi connectivity index (χ0n) is 7.80. The predicted molar refractivity (Wildman–Crippen MR) is 51.4 cm³/mol. The van der Waals surface area contributed by atoms with Gasteiger partial charge >= 0.3 is 6.09 Å². The summed E-state index contributed by atoms with van der Waals surface area (Å²) in [4.78, 5) is 12.8. The zero-order chi connectivity index (χ0) is 10.1. The van der Waals surface area contributed by atoms with Crippen molar-refractivity contribution in [3.63, 3.8) is 0 Å². The maximum atomic E-state index is 11.3. The molecule has 0 aromatic heterocycles. The average Bonchev–Trinajstić information content (AvgIpc) is 2.46. The minimum Gasteiger partial charge on any atom is -0.508 e. The lowest BCUT2D eigenvalue weighted by Gasteiger charge is -2.17. The lowest BCUT2D eigenvalue weighted by molar-refractivity contribution is 0.179. The predicted octanol–water partition coefficient (Wildman–Crippen LogP) is 1.74. The van der Waals surface area contributed by atoms with Gasteiger partial charge in [-0.3, -0.25) is 4.90 Å². The summed E-state index contributed by atoms with van der Waals surface area (Å²) < 4.78 is 4.88. The Morgan fingerprint density at radius 3 is 2.93 bits per heavy atom. The first-order valence-corrected chi connectivity index (χ1v) is 4.43. The molecule has 1 unspecified atom stereocenters. The molecule has 1 fully saturated rings. The monoisotopic (exact) mass is 193 g/mol. The fourth-order valence-corrected chi connectivity index (χ4v) is 1.52. The van der Waals surface area contributed by atoms with Gasteiger partial charge in [-0.25, -0.2) is 4.79 Å². The Hall–Kier alpha value is -1.71. The summed E-state index contributed by atoms with van der Waals surface area (Å²) in [5.41, 5.74) is 0.667. The number of anilines is 1. The van der Waals surface area contributed by atoms with E-state index < -0.39 is 0 Å². The van der Waals surface area contributed by atoms with Crippen molar-refractivity contribution in [3.05, 3.63) is 24.3 Å². The number of aromatic hydroxyl groups is 1. The SMILES string of the molecule is CC1COC(=O)N1c1cccc(O)c1. The first kappa shape index (κ1) is 8.87. The number of hydrogen-bond acceptors (Lipinski definition) is 3. The van der Waals surface area contributed by atoms with E-state index in [9.17, 15) is 9.90 Å². The fourth-order valence-electron chi connectivity index (χ4n) is 1.52. The van der Waals surface area contributed by atoms with Gasteiger partial charge in [0, 0.05) is 6.07 Å². The third-order valence-corrected chi connectivity index (χ3v) is 2.19. The van der Waals surface area contributed by atoms with Gasteiger partial charge in [0.05, 0.1) is 11.7 Å². The van der Waals surface area contributed by atoms with E-state index in [4.69, 9.17) is 4.74 Å². The van der Waals surface area contributed by atoms with Crippen molar-refractivity contribution in [2.24, 2.45) is 0 Å². The number of nitrogens with zero attached hydrogens (tertiary/aromatic N) is 1. The number of amides is 1. The van der Waals surface area contributed by atoms with E-state index in [1.165, 1.54) is 4.90 Å². The highest BCUT2D eigenvalue weighted by Gasteiger charge is 2.30. The van der Waals surface area contributed by atoms with E-state index in [1.807, 2.05) is 6.92 Å². The Bertz CT molecular complexity index is 364. The average molecular weight is 193 g/mol. The molecule has 1 aromatic rings. The smallest absolute Gasteiger partial charge is 0.414 e. The Morgan fingerprint density at radius 2 is 2.36 bits per heavy atom. The van der Waals surface area contributed by atoms with Gasteiger partial charge in [-0.1, -0.05) is 6.07 Å². The standard InChI is InChI=1S/C10H11NO3/c1-7-6-14-10(13)11(7)8-3-2-4-9(12)5-8/h2-5,7,12H,6H2,1H3. The molecule has 2 rings (SSSR count). The molecule has 14 heavy (non-hydrogen) atoms. The van der Waals surface area contributed by atoms with Crippen molar-refractivity contribution in [2.45, 2.75) is 13.0 Å². The molecule has 1 aliphatic heterocycles. The molecule has 0 radical (unpaired) electrons. The normalized spacial score (nSPS) is 21.1. The van der Waals surface area contributed by atoms with Gasteiger partial charge in [0.25, 0.3) is 0 Å². The van der Waals surface area contributed by atoms with Crippen molar-refractivity contribution >= 4 is 11.8 Å². The summed E-state index contributed by atoms with van der Waals surface area (Å²) in [6, 6.07) is 6.59. The molecule has 0 saturated carbocycles. The van der Waals surface area contributed by atoms with Crippen LogP contribution in [-0.4, -0.2) is 23.8 Å². The van der Waals surface area contributed by atoms with E-state index in [2.05, 4.69) is 0 Å². The highest BCUT2D eigenvalue weighted by Crippen LogP contribution is 2.25. The molecule has 1 aliphatic rings. The molecule has 0 spiro atoms. The summed E-state index contributed by atoms with van der Waals surface area (Å²) in [7, 11) is 0. The van der Waals surface area contributed by atoms with Crippen molar-refractivity contribution < 1.29 is 14.6 Å². The largest absolute Gasteiger partial charge is 0.508 e. The number of rotatable bonds is 1. The number of carbonyl (C=O) groups is 1. The topological polar surface area (TPSA) is 49.8 Å².